The van der Waals surface area contributed by atoms with Crippen LogP contribution in [0.4, 0.5) is 5.13 Å². The minimum Gasteiger partial charge on any atom is -0.507 e. The Labute approximate surface area is 232 Å². The van der Waals surface area contributed by atoms with Gasteiger partial charge in [0.25, 0.3) is 5.78 Å². The van der Waals surface area contributed by atoms with Gasteiger partial charge in [0, 0.05) is 10.0 Å². The molecule has 1 N–H and O–H groups in total. The van der Waals surface area contributed by atoms with Gasteiger partial charge in [-0.25, -0.2) is 4.98 Å². The summed E-state index contributed by atoms with van der Waals surface area (Å²) in [5.74, 6) is -0.408. The lowest BCUT2D eigenvalue weighted by molar-refractivity contribution is -0.132. The Balaban J connectivity index is 1.63. The molecule has 0 radical (unpaired) electrons. The van der Waals surface area contributed by atoms with Crippen LogP contribution >= 0.6 is 27.3 Å². The van der Waals surface area contributed by atoms with Gasteiger partial charge in [-0.15, -0.1) is 0 Å². The Morgan fingerprint density at radius 3 is 2.50 bits per heavy atom. The maximum Gasteiger partial charge on any atom is 0.301 e. The zero-order chi connectivity index (χ0) is 26.8. The van der Waals surface area contributed by atoms with Crippen LogP contribution in [0.5, 0.6) is 11.5 Å². The Morgan fingerprint density at radius 2 is 1.79 bits per heavy atom. The summed E-state index contributed by atoms with van der Waals surface area (Å²) in [6, 6.07) is 18.8. The molecule has 0 bridgehead atoms. The number of carbonyl (C=O) groups is 2. The van der Waals surface area contributed by atoms with Crippen LogP contribution in [0.2, 0.25) is 0 Å². The van der Waals surface area contributed by atoms with E-state index in [0.29, 0.717) is 46.5 Å². The Hall–Kier alpha value is -3.69. The number of hydrogen-bond donors (Lipinski definition) is 1. The molecule has 1 unspecified atom stereocenters. The van der Waals surface area contributed by atoms with Crippen LogP contribution in [0, 0.1) is 0 Å². The lowest BCUT2D eigenvalue weighted by Crippen LogP contribution is -2.29. The van der Waals surface area contributed by atoms with Crippen molar-refractivity contribution in [3.05, 3.63) is 87.9 Å². The van der Waals surface area contributed by atoms with Crippen LogP contribution < -0.4 is 14.4 Å². The van der Waals surface area contributed by atoms with Gasteiger partial charge >= 0.3 is 5.91 Å². The number of Topliss-reactive ketones (excluding diaryl/α,β-unsaturated/α-hetero) is 1. The first-order valence-corrected chi connectivity index (χ1v) is 13.8. The number of carbonyl (C=O) groups excluding carboxylic acids is 2. The summed E-state index contributed by atoms with van der Waals surface area (Å²) in [6.07, 6.45) is 0.872. The fraction of sp³-hybridized carbons (Fsp3) is 0.207. The standard InChI is InChI=1S/C29H25BrN2O5S/c1-3-14-37-20-10-8-17(9-11-20)26(33)24-25(18-6-5-7-19(30)15-18)32(28(35)27(24)34)29-31-22-13-12-21(36-4-2)16-23(22)38-29/h5-13,15-16,25,33H,3-4,14H2,1-2H3/b26-24+. The van der Waals surface area contributed by atoms with Gasteiger partial charge in [0.1, 0.15) is 17.3 Å². The van der Waals surface area contributed by atoms with Gasteiger partial charge in [-0.1, -0.05) is 46.3 Å². The minimum atomic E-state index is -0.865. The number of amides is 1. The molecule has 9 heteroatoms. The molecule has 1 aliphatic heterocycles. The quantitative estimate of drug-likeness (QED) is 0.136. The van der Waals surface area contributed by atoms with E-state index >= 15 is 0 Å². The van der Waals surface area contributed by atoms with E-state index < -0.39 is 17.7 Å². The first-order valence-electron chi connectivity index (χ1n) is 12.2. The molecule has 4 aromatic rings. The Kier molecular flexibility index (Phi) is 7.49. The first-order chi connectivity index (χ1) is 18.4. The number of ketones is 1. The zero-order valence-electron chi connectivity index (χ0n) is 20.8. The number of benzene rings is 3. The van der Waals surface area contributed by atoms with Gasteiger partial charge in [-0.3, -0.25) is 14.5 Å². The molecule has 0 spiro atoms. The summed E-state index contributed by atoms with van der Waals surface area (Å²) < 4.78 is 12.8. The Morgan fingerprint density at radius 1 is 1.03 bits per heavy atom. The second kappa shape index (κ2) is 11.0. The van der Waals surface area contributed by atoms with E-state index in [-0.39, 0.29) is 11.3 Å². The van der Waals surface area contributed by atoms with Crippen LogP contribution in [-0.4, -0.2) is 35.0 Å². The van der Waals surface area contributed by atoms with Crippen molar-refractivity contribution in [2.24, 2.45) is 0 Å². The van der Waals surface area contributed by atoms with Gasteiger partial charge in [-0.2, -0.15) is 0 Å². The van der Waals surface area contributed by atoms with Crippen molar-refractivity contribution in [3.63, 3.8) is 0 Å². The molecule has 1 aromatic heterocycles. The second-order valence-corrected chi connectivity index (χ2v) is 10.6. The number of fused-ring (bicyclic) bond motifs is 1. The van der Waals surface area contributed by atoms with Gasteiger partial charge in [-0.05, 0) is 73.5 Å². The highest BCUT2D eigenvalue weighted by atomic mass is 79.9. The predicted molar refractivity (Wildman–Crippen MR) is 152 cm³/mol. The normalized spacial score (nSPS) is 16.8. The molecular formula is C29H25BrN2O5S. The predicted octanol–water partition coefficient (Wildman–Crippen LogP) is 6.87. The van der Waals surface area contributed by atoms with E-state index in [1.54, 1.807) is 24.3 Å². The van der Waals surface area contributed by atoms with Crippen molar-refractivity contribution in [1.82, 2.24) is 4.98 Å². The molecule has 0 saturated carbocycles. The van der Waals surface area contributed by atoms with E-state index in [4.69, 9.17) is 9.47 Å². The van der Waals surface area contributed by atoms with Crippen molar-refractivity contribution in [2.75, 3.05) is 18.1 Å². The summed E-state index contributed by atoms with van der Waals surface area (Å²) in [5.41, 5.74) is 1.77. The molecule has 1 aliphatic rings. The Bertz CT molecular complexity index is 1550. The minimum absolute atomic E-state index is 0.00425. The van der Waals surface area contributed by atoms with E-state index in [1.165, 1.54) is 16.2 Å². The topological polar surface area (TPSA) is 89.0 Å². The fourth-order valence-electron chi connectivity index (χ4n) is 4.36. The molecule has 194 valence electrons. The highest BCUT2D eigenvalue weighted by Gasteiger charge is 2.48. The smallest absolute Gasteiger partial charge is 0.301 e. The average Bonchev–Trinajstić information content (AvgIpc) is 3.45. The van der Waals surface area contributed by atoms with Gasteiger partial charge < -0.3 is 14.6 Å². The first kappa shape index (κ1) is 25.9. The number of rotatable bonds is 8. The third-order valence-corrected chi connectivity index (χ3v) is 7.59. The van der Waals surface area contributed by atoms with Gasteiger partial charge in [0.05, 0.1) is 35.0 Å². The van der Waals surface area contributed by atoms with E-state index in [2.05, 4.69) is 20.9 Å². The molecule has 1 fully saturated rings. The third-order valence-electron chi connectivity index (χ3n) is 6.08. The number of hydrogen-bond acceptors (Lipinski definition) is 7. The van der Waals surface area contributed by atoms with Crippen molar-refractivity contribution in [1.29, 1.82) is 0 Å². The summed E-state index contributed by atoms with van der Waals surface area (Å²) in [7, 11) is 0. The molecular weight excluding hydrogens is 568 g/mol. The molecule has 3 aromatic carbocycles. The van der Waals surface area contributed by atoms with Crippen molar-refractivity contribution in [2.45, 2.75) is 26.3 Å². The second-order valence-electron chi connectivity index (χ2n) is 8.66. The van der Waals surface area contributed by atoms with E-state index in [9.17, 15) is 14.7 Å². The van der Waals surface area contributed by atoms with Gasteiger partial charge in [0.2, 0.25) is 0 Å². The maximum absolute atomic E-state index is 13.5. The van der Waals surface area contributed by atoms with Crippen LogP contribution in [-0.2, 0) is 9.59 Å². The van der Waals surface area contributed by atoms with Crippen molar-refractivity contribution in [3.8, 4) is 11.5 Å². The molecule has 5 rings (SSSR count). The molecule has 1 atom stereocenters. The summed E-state index contributed by atoms with van der Waals surface area (Å²) in [4.78, 5) is 33.0. The number of aliphatic hydroxyl groups is 1. The van der Waals surface area contributed by atoms with Crippen LogP contribution in [0.3, 0.4) is 0 Å². The summed E-state index contributed by atoms with van der Waals surface area (Å²) in [6.45, 7) is 5.03. The number of aliphatic hydroxyl groups excluding tert-OH is 1. The molecule has 7 nitrogen and oxygen atoms in total. The number of halogens is 1. The monoisotopic (exact) mass is 592 g/mol. The number of nitrogens with zero attached hydrogens (tertiary/aromatic N) is 2. The highest BCUT2D eigenvalue weighted by molar-refractivity contribution is 9.10. The molecule has 0 aliphatic carbocycles. The lowest BCUT2D eigenvalue weighted by atomic mass is 9.95. The maximum atomic E-state index is 13.5. The molecule has 1 saturated heterocycles. The number of anilines is 1. The van der Waals surface area contributed by atoms with Crippen molar-refractivity contribution >= 4 is 60.1 Å². The zero-order valence-corrected chi connectivity index (χ0v) is 23.2. The third kappa shape index (κ3) is 4.91. The van der Waals surface area contributed by atoms with Crippen LogP contribution in [0.25, 0.3) is 16.0 Å². The SMILES string of the molecule is CCCOc1ccc(/C(O)=C2\C(=O)C(=O)N(c3nc4ccc(OCC)cc4s3)C2c2cccc(Br)c2)cc1. The lowest BCUT2D eigenvalue weighted by Gasteiger charge is -2.23. The summed E-state index contributed by atoms with van der Waals surface area (Å²) >= 11 is 4.78. The van der Waals surface area contributed by atoms with Crippen LogP contribution in [0.1, 0.15) is 37.4 Å². The number of ether oxygens (including phenoxy) is 2. The van der Waals surface area contributed by atoms with E-state index in [1.807, 2.05) is 56.3 Å². The average molecular weight is 593 g/mol. The van der Waals surface area contributed by atoms with Crippen molar-refractivity contribution < 1.29 is 24.2 Å². The largest absolute Gasteiger partial charge is 0.507 e. The summed E-state index contributed by atoms with van der Waals surface area (Å²) in [5, 5.41) is 11.7. The molecule has 38 heavy (non-hydrogen) atoms. The highest BCUT2D eigenvalue weighted by Crippen LogP contribution is 2.45. The number of thiazole rings is 1. The van der Waals surface area contributed by atoms with Crippen LogP contribution in [0.15, 0.2) is 76.8 Å². The molecule has 1 amide bonds. The fourth-order valence-corrected chi connectivity index (χ4v) is 5.80. The molecule has 2 heterocycles. The number of aromatic nitrogens is 1. The van der Waals surface area contributed by atoms with Gasteiger partial charge in [0.15, 0.2) is 5.13 Å². The van der Waals surface area contributed by atoms with E-state index in [0.717, 1.165) is 15.6 Å².